The Morgan fingerprint density at radius 1 is 0.714 bits per heavy atom. The molecular formula is C19H38N2. The van der Waals surface area contributed by atoms with Crippen LogP contribution in [0.25, 0.3) is 0 Å². The maximum absolute atomic E-state index is 2.54. The summed E-state index contributed by atoms with van der Waals surface area (Å²) in [4.78, 5) is 4.93. The number of nitrogens with zero attached hydrogens (tertiary/aromatic N) is 2. The summed E-state index contributed by atoms with van der Waals surface area (Å²) in [6.45, 7) is 5.79. The lowest BCUT2D eigenvalue weighted by Gasteiger charge is -2.30. The first-order valence-corrected chi connectivity index (χ1v) is 9.45. The van der Waals surface area contributed by atoms with Crippen LogP contribution in [0.15, 0.2) is 12.4 Å². The van der Waals surface area contributed by atoms with Gasteiger partial charge in [-0.05, 0) is 19.3 Å². The average molecular weight is 295 g/mol. The fourth-order valence-electron chi connectivity index (χ4n) is 3.19. The van der Waals surface area contributed by atoms with Gasteiger partial charge in [0.05, 0.1) is 0 Å². The molecular weight excluding hydrogens is 256 g/mol. The highest BCUT2D eigenvalue weighted by Crippen LogP contribution is 2.20. The molecule has 124 valence electrons. The van der Waals surface area contributed by atoms with Gasteiger partial charge in [-0.2, -0.15) is 0 Å². The number of hydrogen-bond acceptors (Lipinski definition) is 2. The van der Waals surface area contributed by atoms with Gasteiger partial charge in [0.2, 0.25) is 0 Å². The summed E-state index contributed by atoms with van der Waals surface area (Å²) in [6.07, 6.45) is 21.9. The Morgan fingerprint density at radius 2 is 1.29 bits per heavy atom. The van der Waals surface area contributed by atoms with Crippen molar-refractivity contribution >= 4 is 0 Å². The van der Waals surface area contributed by atoms with Crippen molar-refractivity contribution in [3.63, 3.8) is 0 Å². The Bertz CT molecular complexity index is 262. The molecule has 0 aromatic rings. The van der Waals surface area contributed by atoms with E-state index in [1.54, 1.807) is 0 Å². The van der Waals surface area contributed by atoms with Crippen molar-refractivity contribution in [3.8, 4) is 0 Å². The Hall–Kier alpha value is -0.660. The zero-order valence-electron chi connectivity index (χ0n) is 14.8. The van der Waals surface area contributed by atoms with Crippen LogP contribution in [0.2, 0.25) is 0 Å². The van der Waals surface area contributed by atoms with Gasteiger partial charge in [0.15, 0.2) is 0 Å². The molecule has 2 heteroatoms. The van der Waals surface area contributed by atoms with Gasteiger partial charge in [-0.15, -0.1) is 0 Å². The van der Waals surface area contributed by atoms with Crippen LogP contribution in [-0.2, 0) is 0 Å². The van der Waals surface area contributed by atoms with E-state index in [0.717, 1.165) is 0 Å². The molecule has 1 rings (SSSR count). The summed E-state index contributed by atoms with van der Waals surface area (Å²) < 4.78 is 0. The fraction of sp³-hybridized carbons (Fsp3) is 0.895. The quantitative estimate of drug-likeness (QED) is 0.399. The van der Waals surface area contributed by atoms with E-state index in [1.165, 1.54) is 83.6 Å². The van der Waals surface area contributed by atoms with Crippen LogP contribution >= 0.6 is 0 Å². The van der Waals surface area contributed by atoms with Crippen molar-refractivity contribution in [1.29, 1.82) is 0 Å². The number of hydrogen-bond donors (Lipinski definition) is 0. The topological polar surface area (TPSA) is 6.48 Å². The molecule has 21 heavy (non-hydrogen) atoms. The predicted octanol–water partition coefficient (Wildman–Crippen LogP) is 5.75. The third kappa shape index (κ3) is 7.78. The molecule has 0 radical (unpaired) electrons. The van der Waals surface area contributed by atoms with Crippen LogP contribution in [0.1, 0.15) is 90.9 Å². The lowest BCUT2D eigenvalue weighted by atomic mass is 10.1. The minimum atomic E-state index is 0.626. The second kappa shape index (κ2) is 11.9. The van der Waals surface area contributed by atoms with Crippen LogP contribution in [0.5, 0.6) is 0 Å². The molecule has 0 amide bonds. The summed E-state index contributed by atoms with van der Waals surface area (Å²) in [5.74, 6) is 0. The molecule has 0 N–H and O–H groups in total. The SMILES string of the molecule is CCCCCCCCCCCC1N(C)C=CN1CCCC. The predicted molar refractivity (Wildman–Crippen MR) is 94.1 cm³/mol. The van der Waals surface area contributed by atoms with Crippen LogP contribution < -0.4 is 0 Å². The molecule has 1 aliphatic heterocycles. The highest BCUT2D eigenvalue weighted by atomic mass is 15.4. The summed E-state index contributed by atoms with van der Waals surface area (Å²) in [6, 6.07) is 0. The van der Waals surface area contributed by atoms with Crippen LogP contribution in [0.3, 0.4) is 0 Å². The second-order valence-electron chi connectivity index (χ2n) is 6.65. The molecule has 1 aliphatic rings. The van der Waals surface area contributed by atoms with Crippen molar-refractivity contribution in [2.45, 2.75) is 97.1 Å². The van der Waals surface area contributed by atoms with E-state index in [1.807, 2.05) is 0 Å². The smallest absolute Gasteiger partial charge is 0.100 e. The second-order valence-corrected chi connectivity index (χ2v) is 6.65. The van der Waals surface area contributed by atoms with Gasteiger partial charge < -0.3 is 9.80 Å². The average Bonchev–Trinajstić information content (AvgIpc) is 2.84. The summed E-state index contributed by atoms with van der Waals surface area (Å²) in [5, 5.41) is 0. The Labute approximate surface area is 133 Å². The van der Waals surface area contributed by atoms with E-state index in [4.69, 9.17) is 0 Å². The molecule has 1 heterocycles. The van der Waals surface area contributed by atoms with Gasteiger partial charge in [0.1, 0.15) is 6.17 Å². The zero-order valence-corrected chi connectivity index (χ0v) is 14.8. The van der Waals surface area contributed by atoms with Crippen LogP contribution in [0.4, 0.5) is 0 Å². The molecule has 0 bridgehead atoms. The highest BCUT2D eigenvalue weighted by Gasteiger charge is 2.21. The lowest BCUT2D eigenvalue weighted by Crippen LogP contribution is -2.36. The van der Waals surface area contributed by atoms with Gasteiger partial charge in [-0.3, -0.25) is 0 Å². The monoisotopic (exact) mass is 294 g/mol. The molecule has 0 aromatic heterocycles. The summed E-state index contributed by atoms with van der Waals surface area (Å²) in [7, 11) is 2.22. The van der Waals surface area contributed by atoms with Crippen molar-refractivity contribution in [2.75, 3.05) is 13.6 Å². The minimum Gasteiger partial charge on any atom is -0.359 e. The maximum atomic E-state index is 2.54. The summed E-state index contributed by atoms with van der Waals surface area (Å²) in [5.41, 5.74) is 0. The van der Waals surface area contributed by atoms with E-state index in [-0.39, 0.29) is 0 Å². The van der Waals surface area contributed by atoms with Crippen LogP contribution in [0, 0.1) is 0 Å². The first kappa shape index (κ1) is 18.4. The van der Waals surface area contributed by atoms with Gasteiger partial charge in [-0.25, -0.2) is 0 Å². The maximum Gasteiger partial charge on any atom is 0.100 e. The van der Waals surface area contributed by atoms with Crippen molar-refractivity contribution in [2.24, 2.45) is 0 Å². The molecule has 0 saturated carbocycles. The Morgan fingerprint density at radius 3 is 1.90 bits per heavy atom. The van der Waals surface area contributed by atoms with E-state index in [0.29, 0.717) is 6.17 Å². The van der Waals surface area contributed by atoms with Crippen molar-refractivity contribution in [3.05, 3.63) is 12.4 Å². The minimum absolute atomic E-state index is 0.626. The molecule has 0 aliphatic carbocycles. The van der Waals surface area contributed by atoms with E-state index >= 15 is 0 Å². The zero-order chi connectivity index (χ0) is 15.3. The van der Waals surface area contributed by atoms with Gasteiger partial charge in [-0.1, -0.05) is 71.6 Å². The van der Waals surface area contributed by atoms with E-state index < -0.39 is 0 Å². The third-order valence-corrected chi connectivity index (χ3v) is 4.68. The van der Waals surface area contributed by atoms with Crippen molar-refractivity contribution in [1.82, 2.24) is 9.80 Å². The highest BCUT2D eigenvalue weighted by molar-refractivity contribution is 4.95. The fourth-order valence-corrected chi connectivity index (χ4v) is 3.19. The van der Waals surface area contributed by atoms with E-state index in [9.17, 15) is 0 Å². The molecule has 0 spiro atoms. The number of rotatable bonds is 13. The van der Waals surface area contributed by atoms with Crippen LogP contribution in [-0.4, -0.2) is 29.6 Å². The first-order valence-electron chi connectivity index (χ1n) is 9.45. The molecule has 1 unspecified atom stereocenters. The normalized spacial score (nSPS) is 18.0. The largest absolute Gasteiger partial charge is 0.359 e. The van der Waals surface area contributed by atoms with Crippen molar-refractivity contribution < 1.29 is 0 Å². The van der Waals surface area contributed by atoms with Gasteiger partial charge in [0, 0.05) is 26.0 Å². The first-order chi connectivity index (χ1) is 10.3. The lowest BCUT2D eigenvalue weighted by molar-refractivity contribution is 0.160. The molecule has 0 aromatic carbocycles. The third-order valence-electron chi connectivity index (χ3n) is 4.68. The molecule has 2 nitrogen and oxygen atoms in total. The van der Waals surface area contributed by atoms with E-state index in [2.05, 4.69) is 43.1 Å². The Kier molecular flexibility index (Phi) is 10.5. The standard InChI is InChI=1S/C19H38N2/c1-4-6-8-9-10-11-12-13-14-15-19-20(3)17-18-21(19)16-7-5-2/h17-19H,4-16H2,1-3H3. The molecule has 0 fully saturated rings. The molecule has 0 saturated heterocycles. The van der Waals surface area contributed by atoms with Gasteiger partial charge in [0.25, 0.3) is 0 Å². The molecule has 1 atom stereocenters. The van der Waals surface area contributed by atoms with Gasteiger partial charge >= 0.3 is 0 Å². The summed E-state index contributed by atoms with van der Waals surface area (Å²) >= 11 is 0. The Balaban J connectivity index is 2.00. The number of unbranched alkanes of at least 4 members (excludes halogenated alkanes) is 9.